The van der Waals surface area contributed by atoms with Gasteiger partial charge in [0.1, 0.15) is 5.69 Å². The molecule has 4 nitrogen and oxygen atoms in total. The highest BCUT2D eigenvalue weighted by atomic mass is 16.1. The second-order valence-electron chi connectivity index (χ2n) is 3.76. The van der Waals surface area contributed by atoms with Gasteiger partial charge in [0.2, 0.25) is 0 Å². The molecule has 1 aromatic carbocycles. The summed E-state index contributed by atoms with van der Waals surface area (Å²) in [7, 11) is 0. The summed E-state index contributed by atoms with van der Waals surface area (Å²) >= 11 is 0. The fraction of sp³-hybridized carbons (Fsp3) is 0.0769. The van der Waals surface area contributed by atoms with Gasteiger partial charge in [-0.2, -0.15) is 0 Å². The highest BCUT2D eigenvalue weighted by molar-refractivity contribution is 6.04. The molecule has 0 atom stereocenters. The van der Waals surface area contributed by atoms with E-state index in [0.29, 0.717) is 17.1 Å². The van der Waals surface area contributed by atoms with Crippen LogP contribution in [0.5, 0.6) is 0 Å². The van der Waals surface area contributed by atoms with Crippen molar-refractivity contribution in [2.75, 3.05) is 11.1 Å². The third-order valence-corrected chi connectivity index (χ3v) is 2.35. The minimum Gasteiger partial charge on any atom is -0.397 e. The van der Waals surface area contributed by atoms with Crippen molar-refractivity contribution in [3.8, 4) is 0 Å². The van der Waals surface area contributed by atoms with Crippen molar-refractivity contribution in [3.05, 3.63) is 53.9 Å². The van der Waals surface area contributed by atoms with Crippen molar-refractivity contribution in [2.45, 2.75) is 6.92 Å². The van der Waals surface area contributed by atoms with E-state index >= 15 is 0 Å². The number of rotatable bonds is 2. The maximum absolute atomic E-state index is 11.8. The minimum absolute atomic E-state index is 0.261. The topological polar surface area (TPSA) is 68.0 Å². The van der Waals surface area contributed by atoms with Gasteiger partial charge >= 0.3 is 0 Å². The maximum Gasteiger partial charge on any atom is 0.274 e. The molecule has 1 aromatic heterocycles. The Balaban J connectivity index is 2.17. The zero-order valence-corrected chi connectivity index (χ0v) is 9.47. The van der Waals surface area contributed by atoms with Crippen LogP contribution >= 0.6 is 0 Å². The lowest BCUT2D eigenvalue weighted by Gasteiger charge is -2.07. The van der Waals surface area contributed by atoms with Crippen molar-refractivity contribution in [2.24, 2.45) is 0 Å². The molecule has 0 aliphatic carbocycles. The van der Waals surface area contributed by atoms with Gasteiger partial charge in [-0.1, -0.05) is 18.2 Å². The summed E-state index contributed by atoms with van der Waals surface area (Å²) in [4.78, 5) is 15.9. The molecule has 1 heterocycles. The number of carbonyl (C=O) groups excluding carboxylic acids is 1. The van der Waals surface area contributed by atoms with Crippen LogP contribution in [0.3, 0.4) is 0 Å². The molecule has 0 unspecified atom stereocenters. The SMILES string of the molecule is Cc1ccc(C(=O)Nc2ccccc2N)nc1. The van der Waals surface area contributed by atoms with Crippen LogP contribution in [-0.4, -0.2) is 10.9 Å². The Morgan fingerprint density at radius 2 is 2.00 bits per heavy atom. The molecule has 0 spiro atoms. The standard InChI is InChI=1S/C13H13N3O/c1-9-6-7-12(15-8-9)13(17)16-11-5-3-2-4-10(11)14/h2-8H,14H2,1H3,(H,16,17). The number of nitrogens with two attached hydrogens (primary N) is 1. The zero-order valence-electron chi connectivity index (χ0n) is 9.47. The summed E-state index contributed by atoms with van der Waals surface area (Å²) in [6, 6.07) is 10.6. The number of carbonyl (C=O) groups is 1. The quantitative estimate of drug-likeness (QED) is 0.773. The smallest absolute Gasteiger partial charge is 0.274 e. The highest BCUT2D eigenvalue weighted by Gasteiger charge is 2.08. The van der Waals surface area contributed by atoms with E-state index in [0.717, 1.165) is 5.56 Å². The Bertz CT molecular complexity index is 535. The van der Waals surface area contributed by atoms with Gasteiger partial charge in [0.15, 0.2) is 0 Å². The number of aryl methyl sites for hydroxylation is 1. The molecule has 0 aliphatic rings. The number of para-hydroxylation sites is 2. The lowest BCUT2D eigenvalue weighted by Crippen LogP contribution is -2.14. The monoisotopic (exact) mass is 227 g/mol. The van der Waals surface area contributed by atoms with Gasteiger partial charge in [-0.05, 0) is 30.7 Å². The molecule has 2 rings (SSSR count). The third kappa shape index (κ3) is 2.60. The van der Waals surface area contributed by atoms with Crippen LogP contribution in [0.15, 0.2) is 42.6 Å². The molecule has 0 saturated carbocycles. The first-order chi connectivity index (χ1) is 8.16. The van der Waals surface area contributed by atoms with Crippen LogP contribution in [-0.2, 0) is 0 Å². The number of pyridine rings is 1. The zero-order chi connectivity index (χ0) is 12.3. The van der Waals surface area contributed by atoms with Gasteiger partial charge in [-0.25, -0.2) is 0 Å². The Morgan fingerprint density at radius 1 is 1.24 bits per heavy atom. The summed E-state index contributed by atoms with van der Waals surface area (Å²) in [5.74, 6) is -0.261. The van der Waals surface area contributed by atoms with Gasteiger partial charge in [0.05, 0.1) is 11.4 Å². The molecular weight excluding hydrogens is 214 g/mol. The molecule has 0 fully saturated rings. The molecule has 0 saturated heterocycles. The number of hydrogen-bond acceptors (Lipinski definition) is 3. The van der Waals surface area contributed by atoms with Crippen molar-refractivity contribution >= 4 is 17.3 Å². The third-order valence-electron chi connectivity index (χ3n) is 2.35. The summed E-state index contributed by atoms with van der Waals surface area (Å²) in [5, 5.41) is 2.72. The fourth-order valence-electron chi connectivity index (χ4n) is 1.40. The van der Waals surface area contributed by atoms with Crippen LogP contribution in [0.25, 0.3) is 0 Å². The normalized spacial score (nSPS) is 9.94. The van der Waals surface area contributed by atoms with Crippen LogP contribution in [0.4, 0.5) is 11.4 Å². The maximum atomic E-state index is 11.8. The number of aromatic nitrogens is 1. The van der Waals surface area contributed by atoms with E-state index in [1.165, 1.54) is 0 Å². The van der Waals surface area contributed by atoms with Crippen LogP contribution in [0.2, 0.25) is 0 Å². The molecule has 0 radical (unpaired) electrons. The van der Waals surface area contributed by atoms with Gasteiger partial charge in [0.25, 0.3) is 5.91 Å². The predicted octanol–water partition coefficient (Wildman–Crippen LogP) is 2.22. The second kappa shape index (κ2) is 4.65. The number of nitrogens with one attached hydrogen (secondary N) is 1. The molecule has 1 amide bonds. The summed E-state index contributed by atoms with van der Waals surface area (Å²) in [6.07, 6.45) is 1.66. The van der Waals surface area contributed by atoms with Gasteiger partial charge in [-0.3, -0.25) is 9.78 Å². The van der Waals surface area contributed by atoms with E-state index in [-0.39, 0.29) is 5.91 Å². The van der Waals surface area contributed by atoms with E-state index in [9.17, 15) is 4.79 Å². The molecule has 17 heavy (non-hydrogen) atoms. The van der Waals surface area contributed by atoms with E-state index in [4.69, 9.17) is 5.73 Å². The number of nitrogens with zero attached hydrogens (tertiary/aromatic N) is 1. The molecule has 0 bridgehead atoms. The number of benzene rings is 1. The van der Waals surface area contributed by atoms with Crippen LogP contribution in [0, 0.1) is 6.92 Å². The molecule has 0 aliphatic heterocycles. The van der Waals surface area contributed by atoms with E-state index < -0.39 is 0 Å². The molecular formula is C13H13N3O. The highest BCUT2D eigenvalue weighted by Crippen LogP contribution is 2.17. The first kappa shape index (κ1) is 11.1. The first-order valence-electron chi connectivity index (χ1n) is 5.25. The van der Waals surface area contributed by atoms with E-state index in [1.807, 2.05) is 25.1 Å². The number of amides is 1. The van der Waals surface area contributed by atoms with Crippen LogP contribution < -0.4 is 11.1 Å². The average molecular weight is 227 g/mol. The minimum atomic E-state index is -0.261. The molecule has 86 valence electrons. The number of anilines is 2. The summed E-state index contributed by atoms with van der Waals surface area (Å²) in [6.45, 7) is 1.92. The summed E-state index contributed by atoms with van der Waals surface area (Å²) in [5.41, 5.74) is 8.26. The van der Waals surface area contributed by atoms with Crippen molar-refractivity contribution in [1.29, 1.82) is 0 Å². The summed E-state index contributed by atoms with van der Waals surface area (Å²) < 4.78 is 0. The van der Waals surface area contributed by atoms with Gasteiger partial charge in [-0.15, -0.1) is 0 Å². The second-order valence-corrected chi connectivity index (χ2v) is 3.76. The van der Waals surface area contributed by atoms with Crippen LogP contribution in [0.1, 0.15) is 16.1 Å². The molecule has 2 aromatic rings. The van der Waals surface area contributed by atoms with Crippen molar-refractivity contribution in [1.82, 2.24) is 4.98 Å². The lowest BCUT2D eigenvalue weighted by molar-refractivity contribution is 0.102. The van der Waals surface area contributed by atoms with Gasteiger partial charge < -0.3 is 11.1 Å². The Kier molecular flexibility index (Phi) is 3.05. The van der Waals surface area contributed by atoms with Gasteiger partial charge in [0, 0.05) is 6.20 Å². The number of hydrogen-bond donors (Lipinski definition) is 2. The largest absolute Gasteiger partial charge is 0.397 e. The predicted molar refractivity (Wildman–Crippen MR) is 67.8 cm³/mol. The van der Waals surface area contributed by atoms with E-state index in [1.54, 1.807) is 24.4 Å². The lowest BCUT2D eigenvalue weighted by atomic mass is 10.2. The first-order valence-corrected chi connectivity index (χ1v) is 5.25. The number of nitrogen functional groups attached to an aromatic ring is 1. The molecule has 4 heteroatoms. The van der Waals surface area contributed by atoms with Crippen molar-refractivity contribution in [3.63, 3.8) is 0 Å². The van der Waals surface area contributed by atoms with Crippen molar-refractivity contribution < 1.29 is 4.79 Å². The average Bonchev–Trinajstić information content (AvgIpc) is 2.33. The van der Waals surface area contributed by atoms with E-state index in [2.05, 4.69) is 10.3 Å². The Hall–Kier alpha value is -2.36. The Morgan fingerprint density at radius 3 is 2.65 bits per heavy atom. The Labute approximate surface area is 99.5 Å². The fourth-order valence-corrected chi connectivity index (χ4v) is 1.40. The molecule has 3 N–H and O–H groups in total.